The molecule has 0 aliphatic carbocycles. The normalized spacial score (nSPS) is 11.6. The highest BCUT2D eigenvalue weighted by molar-refractivity contribution is 5.99. The van der Waals surface area contributed by atoms with E-state index in [1.54, 1.807) is 44.2 Å². The average Bonchev–Trinajstić information content (AvgIpc) is 2.70. The number of hydrogen-bond acceptors (Lipinski definition) is 5. The monoisotopic (exact) mass is 387 g/mol. The molecular weight excluding hydrogens is 365 g/mol. The van der Waals surface area contributed by atoms with Gasteiger partial charge in [-0.3, -0.25) is 9.59 Å². The summed E-state index contributed by atoms with van der Waals surface area (Å²) in [6.45, 7) is 2.94. The Kier molecular flexibility index (Phi) is 7.26. The van der Waals surface area contributed by atoms with Crippen molar-refractivity contribution in [3.8, 4) is 5.75 Å². The molecule has 2 rings (SSSR count). The lowest BCUT2D eigenvalue weighted by atomic mass is 10.0. The van der Waals surface area contributed by atoms with Crippen LogP contribution in [0.3, 0.4) is 0 Å². The van der Waals surface area contributed by atoms with Crippen LogP contribution in [-0.4, -0.2) is 37.4 Å². The number of rotatable bonds is 8. The van der Waals surface area contributed by atoms with Gasteiger partial charge in [-0.2, -0.15) is 0 Å². The van der Waals surface area contributed by atoms with E-state index in [1.807, 2.05) is 0 Å². The molecular formula is C21H22FNO5. The fourth-order valence-corrected chi connectivity index (χ4v) is 2.46. The lowest BCUT2D eigenvalue weighted by molar-refractivity contribution is -0.145. The summed E-state index contributed by atoms with van der Waals surface area (Å²) in [6.07, 6.45) is 0. The highest BCUT2D eigenvalue weighted by Gasteiger charge is 2.27. The number of benzene rings is 2. The van der Waals surface area contributed by atoms with E-state index in [9.17, 15) is 18.8 Å². The minimum Gasteiger partial charge on any atom is -0.494 e. The number of carbonyl (C=O) groups is 3. The van der Waals surface area contributed by atoms with Gasteiger partial charge in [-0.1, -0.05) is 32.0 Å². The Bertz CT molecular complexity index is 851. The lowest BCUT2D eigenvalue weighted by Gasteiger charge is -2.20. The summed E-state index contributed by atoms with van der Waals surface area (Å²) in [6, 6.07) is 11.3. The molecule has 2 aromatic rings. The van der Waals surface area contributed by atoms with Crippen LogP contribution in [0, 0.1) is 11.7 Å². The number of halogens is 1. The first-order chi connectivity index (χ1) is 13.3. The van der Waals surface area contributed by atoms with Gasteiger partial charge in [0, 0.05) is 11.1 Å². The van der Waals surface area contributed by atoms with Gasteiger partial charge in [-0.05, 0) is 36.2 Å². The fraction of sp³-hybridized carbons (Fsp3) is 0.286. The number of ketones is 1. The van der Waals surface area contributed by atoms with Crippen molar-refractivity contribution in [3.63, 3.8) is 0 Å². The van der Waals surface area contributed by atoms with Crippen molar-refractivity contribution >= 4 is 17.7 Å². The van der Waals surface area contributed by atoms with Crippen LogP contribution < -0.4 is 10.1 Å². The molecule has 2 aromatic carbocycles. The Balaban J connectivity index is 1.99. The second-order valence-electron chi connectivity index (χ2n) is 6.44. The van der Waals surface area contributed by atoms with E-state index < -0.39 is 36.1 Å². The van der Waals surface area contributed by atoms with E-state index in [4.69, 9.17) is 9.47 Å². The average molecular weight is 387 g/mol. The van der Waals surface area contributed by atoms with Crippen molar-refractivity contribution in [1.29, 1.82) is 0 Å². The summed E-state index contributed by atoms with van der Waals surface area (Å²) >= 11 is 0. The molecule has 0 aliphatic rings. The Morgan fingerprint density at radius 3 is 2.29 bits per heavy atom. The van der Waals surface area contributed by atoms with E-state index >= 15 is 0 Å². The molecule has 1 atom stereocenters. The maximum atomic E-state index is 13.7. The molecule has 0 saturated carbocycles. The molecule has 0 radical (unpaired) electrons. The SMILES string of the molecule is COc1ccc(C(=O)COC(=O)[C@@H](NC(=O)c2ccccc2)C(C)C)cc1F. The molecule has 0 bridgehead atoms. The third-order valence-corrected chi connectivity index (χ3v) is 4.06. The van der Waals surface area contributed by atoms with Gasteiger partial charge in [0.25, 0.3) is 5.91 Å². The molecule has 1 N–H and O–H groups in total. The predicted molar refractivity (Wildman–Crippen MR) is 101 cm³/mol. The van der Waals surface area contributed by atoms with Crippen LogP contribution in [0.1, 0.15) is 34.6 Å². The smallest absolute Gasteiger partial charge is 0.329 e. The Morgan fingerprint density at radius 2 is 1.71 bits per heavy atom. The van der Waals surface area contributed by atoms with Crippen LogP contribution in [0.25, 0.3) is 0 Å². The van der Waals surface area contributed by atoms with Crippen molar-refractivity contribution < 1.29 is 28.2 Å². The molecule has 148 valence electrons. The quantitative estimate of drug-likeness (QED) is 0.556. The first-order valence-corrected chi connectivity index (χ1v) is 8.72. The standard InChI is InChI=1S/C21H22FNO5/c1-13(2)19(23-20(25)14-7-5-4-6-8-14)21(26)28-12-17(24)15-9-10-18(27-3)16(22)11-15/h4-11,13,19H,12H2,1-3H3,(H,23,25)/t19-/m0/s1. The van der Waals surface area contributed by atoms with Gasteiger partial charge in [-0.15, -0.1) is 0 Å². The summed E-state index contributed by atoms with van der Waals surface area (Å²) < 4.78 is 23.6. The van der Waals surface area contributed by atoms with Crippen LogP contribution in [0.4, 0.5) is 4.39 Å². The Morgan fingerprint density at radius 1 is 1.04 bits per heavy atom. The maximum Gasteiger partial charge on any atom is 0.329 e. The summed E-state index contributed by atoms with van der Waals surface area (Å²) in [7, 11) is 1.32. The number of ether oxygens (including phenoxy) is 2. The number of methoxy groups -OCH3 is 1. The minimum atomic E-state index is -0.923. The fourth-order valence-electron chi connectivity index (χ4n) is 2.46. The molecule has 0 fully saturated rings. The molecule has 1 amide bonds. The van der Waals surface area contributed by atoms with E-state index in [0.29, 0.717) is 5.56 Å². The minimum absolute atomic E-state index is 0.0111. The molecule has 0 aliphatic heterocycles. The Hall–Kier alpha value is -3.22. The number of nitrogens with one attached hydrogen (secondary N) is 1. The summed E-state index contributed by atoms with van der Waals surface area (Å²) in [5.74, 6) is -2.64. The first kappa shape index (κ1) is 21.1. The zero-order valence-corrected chi connectivity index (χ0v) is 15.9. The lowest BCUT2D eigenvalue weighted by Crippen LogP contribution is -2.45. The van der Waals surface area contributed by atoms with Crippen molar-refractivity contribution in [2.75, 3.05) is 13.7 Å². The van der Waals surface area contributed by atoms with Crippen molar-refractivity contribution in [2.24, 2.45) is 5.92 Å². The first-order valence-electron chi connectivity index (χ1n) is 8.72. The molecule has 7 heteroatoms. The number of esters is 1. The van der Waals surface area contributed by atoms with Gasteiger partial charge in [0.15, 0.2) is 24.0 Å². The third kappa shape index (κ3) is 5.39. The zero-order valence-electron chi connectivity index (χ0n) is 15.9. The highest BCUT2D eigenvalue weighted by atomic mass is 19.1. The third-order valence-electron chi connectivity index (χ3n) is 4.06. The van der Waals surface area contributed by atoms with Crippen LogP contribution in [-0.2, 0) is 9.53 Å². The number of carbonyl (C=O) groups excluding carboxylic acids is 3. The van der Waals surface area contributed by atoms with Crippen LogP contribution >= 0.6 is 0 Å². The summed E-state index contributed by atoms with van der Waals surface area (Å²) in [4.78, 5) is 36.8. The van der Waals surface area contributed by atoms with Crippen molar-refractivity contribution in [1.82, 2.24) is 5.32 Å². The van der Waals surface area contributed by atoms with Crippen molar-refractivity contribution in [3.05, 3.63) is 65.5 Å². The number of amides is 1. The number of hydrogen-bond donors (Lipinski definition) is 1. The van der Waals surface area contributed by atoms with Crippen LogP contribution in [0.15, 0.2) is 48.5 Å². The van der Waals surface area contributed by atoms with Gasteiger partial charge in [-0.25, -0.2) is 9.18 Å². The second kappa shape index (κ2) is 9.64. The predicted octanol–water partition coefficient (Wildman–Crippen LogP) is 3.01. The van der Waals surface area contributed by atoms with Gasteiger partial charge in [0.2, 0.25) is 0 Å². The maximum absolute atomic E-state index is 13.7. The molecule has 0 spiro atoms. The highest BCUT2D eigenvalue weighted by Crippen LogP contribution is 2.18. The molecule has 28 heavy (non-hydrogen) atoms. The van der Waals surface area contributed by atoms with Crippen LogP contribution in [0.5, 0.6) is 5.75 Å². The van der Waals surface area contributed by atoms with E-state index in [-0.39, 0.29) is 17.2 Å². The summed E-state index contributed by atoms with van der Waals surface area (Å²) in [5.41, 5.74) is 0.464. The Labute approximate surface area is 162 Å². The van der Waals surface area contributed by atoms with Gasteiger partial charge < -0.3 is 14.8 Å². The molecule has 0 unspecified atom stereocenters. The van der Waals surface area contributed by atoms with Gasteiger partial charge in [0.1, 0.15) is 6.04 Å². The number of Topliss-reactive ketones (excluding diaryl/α,β-unsaturated/α-hetero) is 1. The molecule has 0 aromatic heterocycles. The molecule has 6 nitrogen and oxygen atoms in total. The van der Waals surface area contributed by atoms with E-state index in [2.05, 4.69) is 5.32 Å². The zero-order chi connectivity index (χ0) is 20.7. The van der Waals surface area contributed by atoms with Gasteiger partial charge in [0.05, 0.1) is 7.11 Å². The molecule has 0 heterocycles. The van der Waals surface area contributed by atoms with Crippen molar-refractivity contribution in [2.45, 2.75) is 19.9 Å². The van der Waals surface area contributed by atoms with Gasteiger partial charge >= 0.3 is 5.97 Å². The van der Waals surface area contributed by atoms with Crippen LogP contribution in [0.2, 0.25) is 0 Å². The van der Waals surface area contributed by atoms with E-state index in [1.165, 1.54) is 19.2 Å². The largest absolute Gasteiger partial charge is 0.494 e. The topological polar surface area (TPSA) is 81.7 Å². The van der Waals surface area contributed by atoms with E-state index in [0.717, 1.165) is 6.07 Å². The summed E-state index contributed by atoms with van der Waals surface area (Å²) in [5, 5.41) is 2.62. The second-order valence-corrected chi connectivity index (χ2v) is 6.44. The molecule has 0 saturated heterocycles.